The van der Waals surface area contributed by atoms with Crippen molar-refractivity contribution in [2.45, 2.75) is 20.3 Å². The van der Waals surface area contributed by atoms with E-state index >= 15 is 0 Å². The molecule has 0 aromatic rings. The van der Waals surface area contributed by atoms with Gasteiger partial charge in [-0.3, -0.25) is 0 Å². The molecule has 8 heavy (non-hydrogen) atoms. The van der Waals surface area contributed by atoms with Crippen LogP contribution in [-0.4, -0.2) is 18.2 Å². The molecule has 0 aromatic heterocycles. The lowest BCUT2D eigenvalue weighted by Crippen LogP contribution is -2.50. The number of rotatable bonds is 1. The van der Waals surface area contributed by atoms with E-state index in [0.717, 1.165) is 24.6 Å². The summed E-state index contributed by atoms with van der Waals surface area (Å²) < 4.78 is 0. The van der Waals surface area contributed by atoms with Gasteiger partial charge in [0.1, 0.15) is 0 Å². The van der Waals surface area contributed by atoms with Gasteiger partial charge in [-0.05, 0) is 24.9 Å². The first kappa shape index (κ1) is 6.05. The molecule has 0 atom stereocenters. The van der Waals surface area contributed by atoms with Crippen LogP contribution in [0.25, 0.3) is 0 Å². The Morgan fingerprint density at radius 1 is 1.62 bits per heavy atom. The smallest absolute Gasteiger partial charge is 0.00774 e. The molecule has 0 saturated carbocycles. The first-order valence-electron chi connectivity index (χ1n) is 3.08. The SMILES string of the molecule is CCC1(C)CN([O-])C1. The Kier molecular flexibility index (Phi) is 1.29. The quantitative estimate of drug-likeness (QED) is 0.512. The predicted molar refractivity (Wildman–Crippen MR) is 33.3 cm³/mol. The van der Waals surface area contributed by atoms with Crippen molar-refractivity contribution in [1.82, 2.24) is 5.06 Å². The van der Waals surface area contributed by atoms with Gasteiger partial charge in [-0.15, -0.1) is 0 Å². The van der Waals surface area contributed by atoms with Crippen molar-refractivity contribution in [2.75, 3.05) is 13.1 Å². The van der Waals surface area contributed by atoms with Gasteiger partial charge in [0, 0.05) is 0 Å². The van der Waals surface area contributed by atoms with Crippen molar-refractivity contribution in [2.24, 2.45) is 5.41 Å². The van der Waals surface area contributed by atoms with E-state index in [9.17, 15) is 5.21 Å². The highest BCUT2D eigenvalue weighted by Gasteiger charge is 2.30. The molecule has 0 aromatic carbocycles. The van der Waals surface area contributed by atoms with Crippen molar-refractivity contribution in [1.29, 1.82) is 0 Å². The summed E-state index contributed by atoms with van der Waals surface area (Å²) in [6.45, 7) is 5.77. The van der Waals surface area contributed by atoms with E-state index in [-0.39, 0.29) is 0 Å². The molecule has 1 fully saturated rings. The van der Waals surface area contributed by atoms with Crippen LogP contribution in [-0.2, 0) is 0 Å². The van der Waals surface area contributed by atoms with Gasteiger partial charge in [-0.25, -0.2) is 0 Å². The van der Waals surface area contributed by atoms with E-state index in [1.54, 1.807) is 0 Å². The minimum atomic E-state index is 0.349. The Morgan fingerprint density at radius 2 is 2.12 bits per heavy atom. The first-order valence-corrected chi connectivity index (χ1v) is 3.08. The summed E-state index contributed by atoms with van der Waals surface area (Å²) in [4.78, 5) is 0. The Bertz CT molecular complexity index is 86.5. The molecule has 1 rings (SSSR count). The van der Waals surface area contributed by atoms with Gasteiger partial charge < -0.3 is 10.3 Å². The Labute approximate surface area is 50.1 Å². The number of hydroxylamine groups is 2. The zero-order valence-electron chi connectivity index (χ0n) is 5.48. The van der Waals surface area contributed by atoms with Crippen molar-refractivity contribution in [3.8, 4) is 0 Å². The largest absolute Gasteiger partial charge is 0.785 e. The summed E-state index contributed by atoms with van der Waals surface area (Å²) in [5, 5.41) is 11.5. The van der Waals surface area contributed by atoms with Gasteiger partial charge in [-0.2, -0.15) is 0 Å². The third-order valence-corrected chi connectivity index (χ3v) is 1.97. The van der Waals surface area contributed by atoms with E-state index in [0.29, 0.717) is 5.41 Å². The van der Waals surface area contributed by atoms with E-state index in [1.807, 2.05) is 0 Å². The van der Waals surface area contributed by atoms with Crippen molar-refractivity contribution >= 4 is 0 Å². The molecule has 48 valence electrons. The minimum absolute atomic E-state index is 0.349. The second kappa shape index (κ2) is 1.71. The zero-order chi connectivity index (χ0) is 6.20. The molecular weight excluding hydrogens is 102 g/mol. The van der Waals surface area contributed by atoms with Gasteiger partial charge in [0.2, 0.25) is 0 Å². The third-order valence-electron chi connectivity index (χ3n) is 1.97. The monoisotopic (exact) mass is 114 g/mol. The molecule has 0 aliphatic carbocycles. The minimum Gasteiger partial charge on any atom is -0.785 e. The second-order valence-electron chi connectivity index (χ2n) is 2.96. The average molecular weight is 114 g/mol. The molecule has 1 aliphatic rings. The summed E-state index contributed by atoms with van der Waals surface area (Å²) in [5.74, 6) is 0. The van der Waals surface area contributed by atoms with Crippen LogP contribution in [0.2, 0.25) is 0 Å². The molecule has 0 amide bonds. The average Bonchev–Trinajstić information content (AvgIpc) is 1.63. The van der Waals surface area contributed by atoms with Crippen LogP contribution >= 0.6 is 0 Å². The highest BCUT2D eigenvalue weighted by atomic mass is 16.5. The number of hydrogen-bond acceptors (Lipinski definition) is 2. The summed E-state index contributed by atoms with van der Waals surface area (Å²) in [5.41, 5.74) is 0.349. The summed E-state index contributed by atoms with van der Waals surface area (Å²) >= 11 is 0. The molecule has 0 unspecified atom stereocenters. The fraction of sp³-hybridized carbons (Fsp3) is 1.00. The van der Waals surface area contributed by atoms with Crippen LogP contribution in [0.4, 0.5) is 0 Å². The fourth-order valence-corrected chi connectivity index (χ4v) is 1.03. The van der Waals surface area contributed by atoms with Crippen LogP contribution in [0.1, 0.15) is 20.3 Å². The lowest BCUT2D eigenvalue weighted by Gasteiger charge is -2.52. The standard InChI is InChI=1S/C6H12NO/c1-3-6(2)4-7(8)5-6/h3-5H2,1-2H3/q-1. The molecule has 1 heterocycles. The maximum atomic E-state index is 10.4. The third kappa shape index (κ3) is 0.858. The van der Waals surface area contributed by atoms with Crippen LogP contribution in [0.5, 0.6) is 0 Å². The van der Waals surface area contributed by atoms with E-state index in [4.69, 9.17) is 0 Å². The number of nitrogens with zero attached hydrogens (tertiary/aromatic N) is 1. The van der Waals surface area contributed by atoms with E-state index < -0.39 is 0 Å². The molecule has 1 aliphatic heterocycles. The lowest BCUT2D eigenvalue weighted by atomic mass is 9.81. The summed E-state index contributed by atoms with van der Waals surface area (Å²) in [6, 6.07) is 0. The second-order valence-corrected chi connectivity index (χ2v) is 2.96. The van der Waals surface area contributed by atoms with Gasteiger partial charge in [-0.1, -0.05) is 13.8 Å². The molecule has 0 N–H and O–H groups in total. The topological polar surface area (TPSA) is 26.3 Å². The fourth-order valence-electron chi connectivity index (χ4n) is 1.03. The zero-order valence-corrected chi connectivity index (χ0v) is 5.48. The molecule has 2 nitrogen and oxygen atoms in total. The molecule has 0 radical (unpaired) electrons. The van der Waals surface area contributed by atoms with Crippen molar-refractivity contribution in [3.05, 3.63) is 5.21 Å². The maximum absolute atomic E-state index is 10.4. The number of hydrogen-bond donors (Lipinski definition) is 0. The van der Waals surface area contributed by atoms with Gasteiger partial charge in [0.25, 0.3) is 0 Å². The molecule has 0 bridgehead atoms. The van der Waals surface area contributed by atoms with Crippen molar-refractivity contribution in [3.63, 3.8) is 0 Å². The van der Waals surface area contributed by atoms with Gasteiger partial charge in [0.05, 0.1) is 0 Å². The Hall–Kier alpha value is -0.0800. The Balaban J connectivity index is 2.30. The molecular formula is C6H12NO-. The normalized spacial score (nSPS) is 27.4. The van der Waals surface area contributed by atoms with E-state index in [1.165, 1.54) is 0 Å². The molecule has 1 saturated heterocycles. The van der Waals surface area contributed by atoms with Crippen LogP contribution in [0.3, 0.4) is 0 Å². The van der Waals surface area contributed by atoms with E-state index in [2.05, 4.69) is 13.8 Å². The highest BCUT2D eigenvalue weighted by molar-refractivity contribution is 4.90. The molecule has 0 spiro atoms. The predicted octanol–water partition coefficient (Wildman–Crippen LogP) is 1.22. The van der Waals surface area contributed by atoms with Gasteiger partial charge >= 0.3 is 0 Å². The summed E-state index contributed by atoms with van der Waals surface area (Å²) in [6.07, 6.45) is 1.13. The summed E-state index contributed by atoms with van der Waals surface area (Å²) in [7, 11) is 0. The van der Waals surface area contributed by atoms with Crippen LogP contribution in [0.15, 0.2) is 0 Å². The highest BCUT2D eigenvalue weighted by Crippen LogP contribution is 2.31. The lowest BCUT2D eigenvalue weighted by molar-refractivity contribution is 0.0553. The van der Waals surface area contributed by atoms with Crippen molar-refractivity contribution < 1.29 is 0 Å². The maximum Gasteiger partial charge on any atom is -0.00774 e. The molecule has 2 heteroatoms. The van der Waals surface area contributed by atoms with Crippen LogP contribution < -0.4 is 0 Å². The first-order chi connectivity index (χ1) is 3.66. The van der Waals surface area contributed by atoms with Gasteiger partial charge in [0.15, 0.2) is 0 Å². The van der Waals surface area contributed by atoms with Crippen LogP contribution in [0, 0.1) is 10.6 Å². The Morgan fingerprint density at radius 3 is 2.25 bits per heavy atom.